The molecule has 6 nitrogen and oxygen atoms in total. The van der Waals surface area contributed by atoms with Gasteiger partial charge in [-0.3, -0.25) is 9.59 Å². The van der Waals surface area contributed by atoms with Gasteiger partial charge >= 0.3 is 0 Å². The van der Waals surface area contributed by atoms with Crippen LogP contribution in [0.15, 0.2) is 63.7 Å². The predicted octanol–water partition coefficient (Wildman–Crippen LogP) is 3.17. The van der Waals surface area contributed by atoms with E-state index in [9.17, 15) is 9.59 Å². The molecule has 3 aliphatic rings. The molecule has 0 bridgehead atoms. The summed E-state index contributed by atoms with van der Waals surface area (Å²) in [6.45, 7) is 0.280. The number of rotatable bonds is 2. The highest BCUT2D eigenvalue weighted by molar-refractivity contribution is 9.10. The van der Waals surface area contributed by atoms with E-state index in [1.165, 1.54) is 4.90 Å². The molecule has 2 aromatic carbocycles. The zero-order valence-electron chi connectivity index (χ0n) is 14.0. The molecule has 3 aliphatic heterocycles. The predicted molar refractivity (Wildman–Crippen MR) is 102 cm³/mol. The van der Waals surface area contributed by atoms with Gasteiger partial charge in [-0.15, -0.1) is 0 Å². The summed E-state index contributed by atoms with van der Waals surface area (Å²) in [5.41, 5.74) is 2.64. The monoisotopic (exact) mass is 424 g/mol. The summed E-state index contributed by atoms with van der Waals surface area (Å²) in [4.78, 5) is 32.3. The summed E-state index contributed by atoms with van der Waals surface area (Å²) in [7, 11) is 0. The lowest BCUT2D eigenvalue weighted by Crippen LogP contribution is -2.33. The standard InChI is InChI=1S/C20H13BrN2O4/c21-13-5-7-14(8-6-13)23-19(24)16-17(22-27-18(16)20(23)25)12-9-11-3-1-2-4-15(11)26-10-12/h1-9,16,18H,10H2/t16-,18+/m0/s1. The number of ether oxygens (including phenoxy) is 1. The third-order valence-corrected chi connectivity index (χ3v) is 5.39. The van der Waals surface area contributed by atoms with Crippen LogP contribution in [0.25, 0.3) is 6.08 Å². The minimum Gasteiger partial charge on any atom is -0.488 e. The second-order valence-electron chi connectivity index (χ2n) is 6.46. The third kappa shape index (κ3) is 2.49. The Morgan fingerprint density at radius 1 is 1.04 bits per heavy atom. The zero-order chi connectivity index (χ0) is 18.5. The van der Waals surface area contributed by atoms with Crippen molar-refractivity contribution in [1.29, 1.82) is 0 Å². The van der Waals surface area contributed by atoms with Gasteiger partial charge in [0.05, 0.1) is 5.69 Å². The molecule has 3 heterocycles. The zero-order valence-corrected chi connectivity index (χ0v) is 15.5. The number of benzene rings is 2. The maximum atomic E-state index is 13.0. The number of nitrogens with zero attached hydrogens (tertiary/aromatic N) is 2. The van der Waals surface area contributed by atoms with E-state index < -0.39 is 17.9 Å². The number of fused-ring (bicyclic) bond motifs is 2. The van der Waals surface area contributed by atoms with Gasteiger partial charge in [0, 0.05) is 15.6 Å². The maximum Gasteiger partial charge on any atom is 0.278 e. The molecule has 5 rings (SSSR count). The van der Waals surface area contributed by atoms with Crippen molar-refractivity contribution in [1.82, 2.24) is 0 Å². The molecule has 0 N–H and O–H groups in total. The topological polar surface area (TPSA) is 68.2 Å². The first-order chi connectivity index (χ1) is 13.1. The number of oxime groups is 1. The van der Waals surface area contributed by atoms with Crippen LogP contribution in [-0.2, 0) is 14.4 Å². The molecular formula is C20H13BrN2O4. The summed E-state index contributed by atoms with van der Waals surface area (Å²) < 4.78 is 6.63. The number of hydrogen-bond donors (Lipinski definition) is 0. The Kier molecular flexibility index (Phi) is 3.65. The minimum atomic E-state index is -0.922. The van der Waals surface area contributed by atoms with Crippen LogP contribution < -0.4 is 9.64 Å². The van der Waals surface area contributed by atoms with Crippen molar-refractivity contribution < 1.29 is 19.2 Å². The fraction of sp³-hybridized carbons (Fsp3) is 0.150. The van der Waals surface area contributed by atoms with E-state index in [4.69, 9.17) is 9.57 Å². The number of para-hydroxylation sites is 1. The molecule has 0 radical (unpaired) electrons. The Labute approximate surface area is 163 Å². The van der Waals surface area contributed by atoms with Crippen LogP contribution >= 0.6 is 15.9 Å². The van der Waals surface area contributed by atoms with Crippen molar-refractivity contribution >= 4 is 45.2 Å². The summed E-state index contributed by atoms with van der Waals surface area (Å²) >= 11 is 3.35. The molecule has 1 fully saturated rings. The van der Waals surface area contributed by atoms with Gasteiger partial charge in [-0.2, -0.15) is 0 Å². The number of carbonyl (C=O) groups is 2. The van der Waals surface area contributed by atoms with Crippen LogP contribution in [0.2, 0.25) is 0 Å². The molecule has 134 valence electrons. The Hall–Kier alpha value is -2.93. The normalized spacial score (nSPS) is 23.2. The number of halogens is 1. The van der Waals surface area contributed by atoms with Crippen molar-refractivity contribution in [3.63, 3.8) is 0 Å². The van der Waals surface area contributed by atoms with Gasteiger partial charge in [-0.1, -0.05) is 39.3 Å². The molecule has 0 unspecified atom stereocenters. The van der Waals surface area contributed by atoms with Gasteiger partial charge in [-0.25, -0.2) is 4.90 Å². The van der Waals surface area contributed by atoms with Crippen molar-refractivity contribution in [3.8, 4) is 5.75 Å². The minimum absolute atomic E-state index is 0.280. The van der Waals surface area contributed by atoms with Gasteiger partial charge in [0.2, 0.25) is 12.0 Å². The molecule has 0 spiro atoms. The van der Waals surface area contributed by atoms with Crippen LogP contribution in [0.4, 0.5) is 5.69 Å². The van der Waals surface area contributed by atoms with Crippen LogP contribution in [0.5, 0.6) is 5.75 Å². The van der Waals surface area contributed by atoms with Crippen molar-refractivity contribution in [3.05, 3.63) is 64.1 Å². The average molecular weight is 425 g/mol. The van der Waals surface area contributed by atoms with E-state index in [0.717, 1.165) is 21.4 Å². The molecule has 2 aromatic rings. The van der Waals surface area contributed by atoms with Crippen molar-refractivity contribution in [2.45, 2.75) is 6.10 Å². The highest BCUT2D eigenvalue weighted by Crippen LogP contribution is 2.37. The highest BCUT2D eigenvalue weighted by Gasteiger charge is 2.56. The summed E-state index contributed by atoms with van der Waals surface area (Å²) in [5, 5.41) is 4.05. The molecule has 27 heavy (non-hydrogen) atoms. The van der Waals surface area contributed by atoms with E-state index in [0.29, 0.717) is 11.4 Å². The number of amides is 2. The second-order valence-corrected chi connectivity index (χ2v) is 7.38. The SMILES string of the molecule is O=C1[C@H]2C(C3=Cc4ccccc4OC3)=NO[C@H]2C(=O)N1c1ccc(Br)cc1. The Bertz CT molecular complexity index is 1030. The van der Waals surface area contributed by atoms with Crippen molar-refractivity contribution in [2.75, 3.05) is 11.5 Å². The number of anilines is 1. The number of carbonyl (C=O) groups excluding carboxylic acids is 2. The van der Waals surface area contributed by atoms with Crippen molar-refractivity contribution in [2.24, 2.45) is 11.1 Å². The van der Waals surface area contributed by atoms with E-state index in [2.05, 4.69) is 21.1 Å². The number of imide groups is 1. The summed E-state index contributed by atoms with van der Waals surface area (Å²) in [5.74, 6) is -0.698. The van der Waals surface area contributed by atoms with Gasteiger partial charge in [0.25, 0.3) is 5.91 Å². The largest absolute Gasteiger partial charge is 0.488 e. The smallest absolute Gasteiger partial charge is 0.278 e. The Balaban J connectivity index is 1.49. The molecule has 2 amide bonds. The lowest BCUT2D eigenvalue weighted by atomic mass is 9.92. The first-order valence-electron chi connectivity index (χ1n) is 8.43. The second kappa shape index (κ2) is 6.06. The highest BCUT2D eigenvalue weighted by atomic mass is 79.9. The molecule has 7 heteroatoms. The van der Waals surface area contributed by atoms with Crippen LogP contribution in [0, 0.1) is 5.92 Å². The van der Waals surface area contributed by atoms with E-state index in [1.54, 1.807) is 24.3 Å². The van der Waals surface area contributed by atoms with E-state index in [-0.39, 0.29) is 12.5 Å². The molecule has 0 aliphatic carbocycles. The summed E-state index contributed by atoms with van der Waals surface area (Å²) in [6.07, 6.45) is 1.01. The maximum absolute atomic E-state index is 13.0. The lowest BCUT2D eigenvalue weighted by molar-refractivity contribution is -0.126. The number of hydrogen-bond acceptors (Lipinski definition) is 5. The molecule has 1 saturated heterocycles. The molecule has 0 aromatic heterocycles. The first-order valence-corrected chi connectivity index (χ1v) is 9.22. The van der Waals surface area contributed by atoms with Crippen LogP contribution in [0.3, 0.4) is 0 Å². The average Bonchev–Trinajstić information content (AvgIpc) is 3.23. The van der Waals surface area contributed by atoms with Gasteiger partial charge in [0.1, 0.15) is 24.0 Å². The Morgan fingerprint density at radius 3 is 2.63 bits per heavy atom. The fourth-order valence-corrected chi connectivity index (χ4v) is 3.81. The molecule has 0 saturated carbocycles. The van der Waals surface area contributed by atoms with Gasteiger partial charge in [0.15, 0.2) is 0 Å². The quantitative estimate of drug-likeness (QED) is 0.694. The fourth-order valence-electron chi connectivity index (χ4n) is 3.55. The lowest BCUT2D eigenvalue weighted by Gasteiger charge is -2.19. The van der Waals surface area contributed by atoms with Gasteiger partial charge < -0.3 is 9.57 Å². The molecular weight excluding hydrogens is 412 g/mol. The van der Waals surface area contributed by atoms with Crippen LogP contribution in [-0.4, -0.2) is 30.2 Å². The van der Waals surface area contributed by atoms with Crippen LogP contribution in [0.1, 0.15) is 5.56 Å². The Morgan fingerprint density at radius 2 is 1.81 bits per heavy atom. The summed E-state index contributed by atoms with van der Waals surface area (Å²) in [6, 6.07) is 14.6. The van der Waals surface area contributed by atoms with E-state index in [1.807, 2.05) is 30.3 Å². The molecule has 2 atom stereocenters. The van der Waals surface area contributed by atoms with E-state index >= 15 is 0 Å². The first kappa shape index (κ1) is 16.3. The third-order valence-electron chi connectivity index (χ3n) is 4.86. The van der Waals surface area contributed by atoms with Gasteiger partial charge in [-0.05, 0) is 36.4 Å².